The lowest BCUT2D eigenvalue weighted by Gasteiger charge is -2.21. The maximum Gasteiger partial charge on any atom is 0.264 e. The summed E-state index contributed by atoms with van der Waals surface area (Å²) in [5.74, 6) is -0.190. The highest BCUT2D eigenvalue weighted by molar-refractivity contribution is 7.92. The van der Waals surface area contributed by atoms with Gasteiger partial charge in [0.2, 0.25) is 0 Å². The first-order valence-corrected chi connectivity index (χ1v) is 10.5. The third-order valence-electron chi connectivity index (χ3n) is 4.99. The van der Waals surface area contributed by atoms with E-state index >= 15 is 0 Å². The Bertz CT molecular complexity index is 1130. The molecule has 6 heteroatoms. The number of anilines is 2. The van der Waals surface area contributed by atoms with Crippen molar-refractivity contribution in [3.8, 4) is 0 Å². The van der Waals surface area contributed by atoms with Crippen molar-refractivity contribution in [1.29, 1.82) is 0 Å². The maximum atomic E-state index is 13.0. The third kappa shape index (κ3) is 3.16. The summed E-state index contributed by atoms with van der Waals surface area (Å²) in [6, 6.07) is 22.9. The Morgan fingerprint density at radius 1 is 0.929 bits per heavy atom. The zero-order chi connectivity index (χ0) is 19.7. The number of amides is 1. The van der Waals surface area contributed by atoms with Crippen LogP contribution in [-0.4, -0.2) is 27.9 Å². The van der Waals surface area contributed by atoms with Gasteiger partial charge in [-0.25, -0.2) is 8.42 Å². The topological polar surface area (TPSA) is 57.7 Å². The Morgan fingerprint density at radius 2 is 1.64 bits per heavy atom. The van der Waals surface area contributed by atoms with E-state index in [0.717, 1.165) is 17.7 Å². The third-order valence-corrected chi connectivity index (χ3v) is 6.77. The molecule has 28 heavy (non-hydrogen) atoms. The van der Waals surface area contributed by atoms with E-state index in [1.165, 1.54) is 23.5 Å². The minimum Gasteiger partial charge on any atom is -0.308 e. The van der Waals surface area contributed by atoms with Gasteiger partial charge in [0.15, 0.2) is 0 Å². The summed E-state index contributed by atoms with van der Waals surface area (Å²) in [6.45, 7) is 0.596. The lowest BCUT2D eigenvalue weighted by Crippen LogP contribution is -2.30. The molecule has 0 saturated carbocycles. The zero-order valence-electron chi connectivity index (χ0n) is 15.4. The minimum atomic E-state index is -3.77. The van der Waals surface area contributed by atoms with Crippen LogP contribution in [0.1, 0.15) is 15.9 Å². The van der Waals surface area contributed by atoms with E-state index in [-0.39, 0.29) is 10.8 Å². The van der Waals surface area contributed by atoms with E-state index in [2.05, 4.69) is 0 Å². The van der Waals surface area contributed by atoms with E-state index in [9.17, 15) is 13.2 Å². The van der Waals surface area contributed by atoms with Gasteiger partial charge in [-0.05, 0) is 48.4 Å². The van der Waals surface area contributed by atoms with Crippen molar-refractivity contribution in [1.82, 2.24) is 0 Å². The second-order valence-corrected chi connectivity index (χ2v) is 8.64. The fourth-order valence-corrected chi connectivity index (χ4v) is 4.67. The molecule has 0 saturated heterocycles. The lowest BCUT2D eigenvalue weighted by molar-refractivity contribution is 0.0989. The Kier molecular flexibility index (Phi) is 4.65. The number of rotatable bonds is 4. The van der Waals surface area contributed by atoms with Crippen LogP contribution in [0.4, 0.5) is 11.4 Å². The molecule has 1 aliphatic rings. The van der Waals surface area contributed by atoms with Crippen LogP contribution in [0.5, 0.6) is 0 Å². The maximum absolute atomic E-state index is 13.0. The molecule has 142 valence electrons. The number of para-hydroxylation sites is 2. The largest absolute Gasteiger partial charge is 0.308 e. The van der Waals surface area contributed by atoms with Gasteiger partial charge in [-0.15, -0.1) is 0 Å². The van der Waals surface area contributed by atoms with Crippen LogP contribution in [0.25, 0.3) is 0 Å². The number of benzene rings is 3. The van der Waals surface area contributed by atoms with Gasteiger partial charge >= 0.3 is 0 Å². The van der Waals surface area contributed by atoms with Gasteiger partial charge in [0, 0.05) is 24.8 Å². The molecule has 0 atom stereocenters. The highest BCUT2D eigenvalue weighted by Gasteiger charge is 2.27. The number of fused-ring (bicyclic) bond motifs is 1. The van der Waals surface area contributed by atoms with E-state index in [4.69, 9.17) is 0 Å². The Balaban J connectivity index is 1.66. The number of nitrogens with zero attached hydrogens (tertiary/aromatic N) is 2. The summed E-state index contributed by atoms with van der Waals surface area (Å²) in [6.07, 6.45) is 0.802. The molecular formula is C22H20N2O3S. The molecule has 5 nitrogen and oxygen atoms in total. The normalized spacial score (nSPS) is 13.2. The standard InChI is InChI=1S/C22H20N2O3S/c1-23(19-10-3-2-4-11-19)28(26,27)20-12-7-9-18(16-20)22(25)24-15-14-17-8-5-6-13-21(17)24/h2-13,16H,14-15H2,1H3. The zero-order valence-corrected chi connectivity index (χ0v) is 16.3. The van der Waals surface area contributed by atoms with Crippen LogP contribution in [-0.2, 0) is 16.4 Å². The molecule has 0 aliphatic carbocycles. The van der Waals surface area contributed by atoms with Crippen molar-refractivity contribution in [2.75, 3.05) is 22.8 Å². The van der Waals surface area contributed by atoms with Crippen molar-refractivity contribution in [2.45, 2.75) is 11.3 Å². The van der Waals surface area contributed by atoms with E-state index in [1.807, 2.05) is 30.3 Å². The number of hydrogen-bond donors (Lipinski definition) is 0. The molecule has 4 rings (SSSR count). The number of sulfonamides is 1. The Labute approximate surface area is 164 Å². The SMILES string of the molecule is CN(c1ccccc1)S(=O)(=O)c1cccc(C(=O)N2CCc3ccccc32)c1. The number of carbonyl (C=O) groups is 1. The van der Waals surface area contributed by atoms with Gasteiger partial charge in [0.05, 0.1) is 10.6 Å². The molecule has 0 fully saturated rings. The molecular weight excluding hydrogens is 372 g/mol. The molecule has 1 aliphatic heterocycles. The van der Waals surface area contributed by atoms with Crippen molar-refractivity contribution < 1.29 is 13.2 Å². The molecule has 3 aromatic rings. The van der Waals surface area contributed by atoms with Crippen LogP contribution in [0.15, 0.2) is 83.8 Å². The first-order valence-electron chi connectivity index (χ1n) is 9.02. The summed E-state index contributed by atoms with van der Waals surface area (Å²) in [5, 5.41) is 0. The molecule has 0 radical (unpaired) electrons. The molecule has 0 N–H and O–H groups in total. The van der Waals surface area contributed by atoms with Gasteiger partial charge in [-0.2, -0.15) is 0 Å². The van der Waals surface area contributed by atoms with Gasteiger partial charge in [-0.3, -0.25) is 9.10 Å². The molecule has 3 aromatic carbocycles. The van der Waals surface area contributed by atoms with E-state index < -0.39 is 10.0 Å². The van der Waals surface area contributed by atoms with E-state index in [0.29, 0.717) is 17.8 Å². The summed E-state index contributed by atoms with van der Waals surface area (Å²) >= 11 is 0. The molecule has 0 unspecified atom stereocenters. The minimum absolute atomic E-state index is 0.0946. The first-order chi connectivity index (χ1) is 13.5. The highest BCUT2D eigenvalue weighted by Crippen LogP contribution is 2.29. The molecule has 0 spiro atoms. The average molecular weight is 392 g/mol. The average Bonchev–Trinajstić information content (AvgIpc) is 3.17. The Hall–Kier alpha value is -3.12. The summed E-state index contributed by atoms with van der Waals surface area (Å²) in [5.41, 5.74) is 2.94. The molecule has 1 heterocycles. The fourth-order valence-electron chi connectivity index (χ4n) is 3.43. The van der Waals surface area contributed by atoms with Crippen LogP contribution in [0.3, 0.4) is 0 Å². The predicted molar refractivity (Wildman–Crippen MR) is 110 cm³/mol. The summed E-state index contributed by atoms with van der Waals surface area (Å²) in [4.78, 5) is 14.9. The summed E-state index contributed by atoms with van der Waals surface area (Å²) in [7, 11) is -2.26. The quantitative estimate of drug-likeness (QED) is 0.680. The van der Waals surface area contributed by atoms with Crippen molar-refractivity contribution in [3.05, 3.63) is 90.0 Å². The second kappa shape index (κ2) is 7.13. The molecule has 0 bridgehead atoms. The van der Waals surface area contributed by atoms with Gasteiger partial charge < -0.3 is 4.90 Å². The van der Waals surface area contributed by atoms with Crippen molar-refractivity contribution in [2.24, 2.45) is 0 Å². The highest BCUT2D eigenvalue weighted by atomic mass is 32.2. The predicted octanol–water partition coefficient (Wildman–Crippen LogP) is 3.71. The Morgan fingerprint density at radius 3 is 2.43 bits per heavy atom. The molecule has 1 amide bonds. The van der Waals surface area contributed by atoms with Gasteiger partial charge in [-0.1, -0.05) is 42.5 Å². The van der Waals surface area contributed by atoms with Crippen LogP contribution in [0, 0.1) is 0 Å². The fraction of sp³-hybridized carbons (Fsp3) is 0.136. The van der Waals surface area contributed by atoms with Gasteiger partial charge in [0.1, 0.15) is 0 Å². The van der Waals surface area contributed by atoms with Crippen molar-refractivity contribution >= 4 is 27.3 Å². The number of hydrogen-bond acceptors (Lipinski definition) is 3. The van der Waals surface area contributed by atoms with Crippen LogP contribution in [0.2, 0.25) is 0 Å². The number of carbonyl (C=O) groups excluding carboxylic acids is 1. The first kappa shape index (κ1) is 18.3. The smallest absolute Gasteiger partial charge is 0.264 e. The second-order valence-electron chi connectivity index (χ2n) is 6.67. The summed E-state index contributed by atoms with van der Waals surface area (Å²) < 4.78 is 27.3. The van der Waals surface area contributed by atoms with Gasteiger partial charge in [0.25, 0.3) is 15.9 Å². The van der Waals surface area contributed by atoms with Crippen molar-refractivity contribution in [3.63, 3.8) is 0 Å². The van der Waals surface area contributed by atoms with Crippen LogP contribution < -0.4 is 9.21 Å². The lowest BCUT2D eigenvalue weighted by atomic mass is 10.1. The molecule has 0 aromatic heterocycles. The van der Waals surface area contributed by atoms with E-state index in [1.54, 1.807) is 41.3 Å². The van der Waals surface area contributed by atoms with Crippen LogP contribution >= 0.6 is 0 Å². The monoisotopic (exact) mass is 392 g/mol.